The molecule has 0 atom stereocenters. The summed E-state index contributed by atoms with van der Waals surface area (Å²) in [6.07, 6.45) is 0. The lowest BCUT2D eigenvalue weighted by Gasteiger charge is -2.18. The molecule has 0 amide bonds. The smallest absolute Gasteiger partial charge is 0.159 e. The standard InChI is InChI=1S/C48H29NO/c1-2-11-30-26-32(21-20-29(30)10-1)31-12-9-13-33(27-31)45-36-15-3-5-17-38(36)46(39-18-6-4-16-37(39)45)34-22-25-44-42(28-34)41-24-23-40-35-14-7-8-19-43(35)49-47(40)48(41)50-44/h1-28,49H. The Morgan fingerprint density at radius 2 is 0.920 bits per heavy atom. The summed E-state index contributed by atoms with van der Waals surface area (Å²) in [5.74, 6) is 0. The highest BCUT2D eigenvalue weighted by atomic mass is 16.3. The van der Waals surface area contributed by atoms with E-state index in [9.17, 15) is 0 Å². The first-order chi connectivity index (χ1) is 24.8. The van der Waals surface area contributed by atoms with Crippen LogP contribution in [0.2, 0.25) is 0 Å². The van der Waals surface area contributed by atoms with Crippen LogP contribution in [0.4, 0.5) is 0 Å². The van der Waals surface area contributed by atoms with E-state index in [2.05, 4.69) is 175 Å². The van der Waals surface area contributed by atoms with E-state index in [1.165, 1.54) is 76.5 Å². The minimum Gasteiger partial charge on any atom is -0.454 e. The van der Waals surface area contributed by atoms with Crippen LogP contribution in [-0.4, -0.2) is 4.98 Å². The number of nitrogens with one attached hydrogen (secondary N) is 1. The Morgan fingerprint density at radius 1 is 0.340 bits per heavy atom. The van der Waals surface area contributed by atoms with Crippen LogP contribution in [0.3, 0.4) is 0 Å². The second-order valence-corrected chi connectivity index (χ2v) is 13.3. The van der Waals surface area contributed by atoms with Crippen molar-refractivity contribution in [3.63, 3.8) is 0 Å². The Bertz CT molecular complexity index is 3100. The summed E-state index contributed by atoms with van der Waals surface area (Å²) < 4.78 is 6.58. The van der Waals surface area contributed by atoms with Crippen molar-refractivity contribution < 1.29 is 4.42 Å². The number of hydrogen-bond acceptors (Lipinski definition) is 1. The Morgan fingerprint density at radius 3 is 1.68 bits per heavy atom. The summed E-state index contributed by atoms with van der Waals surface area (Å²) >= 11 is 0. The van der Waals surface area contributed by atoms with E-state index in [0.29, 0.717) is 0 Å². The van der Waals surface area contributed by atoms with Crippen LogP contribution in [0.25, 0.3) is 109 Å². The first-order valence-electron chi connectivity index (χ1n) is 17.2. The van der Waals surface area contributed by atoms with Gasteiger partial charge in [-0.05, 0) is 102 Å². The second-order valence-electron chi connectivity index (χ2n) is 13.3. The van der Waals surface area contributed by atoms with E-state index in [1.54, 1.807) is 0 Å². The van der Waals surface area contributed by atoms with Gasteiger partial charge in [0.1, 0.15) is 5.58 Å². The molecular weight excluding hydrogens is 607 g/mol. The van der Waals surface area contributed by atoms with Gasteiger partial charge in [-0.1, -0.05) is 133 Å². The largest absolute Gasteiger partial charge is 0.454 e. The van der Waals surface area contributed by atoms with E-state index in [0.717, 1.165) is 33.0 Å². The van der Waals surface area contributed by atoms with Gasteiger partial charge in [0.15, 0.2) is 5.58 Å². The van der Waals surface area contributed by atoms with Gasteiger partial charge in [-0.15, -0.1) is 0 Å². The summed E-state index contributed by atoms with van der Waals surface area (Å²) in [7, 11) is 0. The van der Waals surface area contributed by atoms with Crippen LogP contribution in [-0.2, 0) is 0 Å². The minimum absolute atomic E-state index is 0.894. The topological polar surface area (TPSA) is 28.9 Å². The number of aromatic nitrogens is 1. The third-order valence-corrected chi connectivity index (χ3v) is 10.6. The molecule has 50 heavy (non-hydrogen) atoms. The van der Waals surface area contributed by atoms with Crippen molar-refractivity contribution in [2.75, 3.05) is 0 Å². The molecule has 2 heteroatoms. The molecule has 0 saturated heterocycles. The first kappa shape index (κ1) is 27.3. The molecule has 0 spiro atoms. The zero-order valence-corrected chi connectivity index (χ0v) is 27.1. The molecule has 11 aromatic rings. The summed E-state index contributed by atoms with van der Waals surface area (Å²) in [6.45, 7) is 0. The Kier molecular flexibility index (Phi) is 5.70. The maximum atomic E-state index is 6.58. The molecule has 0 aliphatic carbocycles. The highest BCUT2D eigenvalue weighted by molar-refractivity contribution is 6.24. The number of benzene rings is 9. The van der Waals surface area contributed by atoms with Crippen molar-refractivity contribution in [2.24, 2.45) is 0 Å². The molecule has 9 aromatic carbocycles. The van der Waals surface area contributed by atoms with E-state index >= 15 is 0 Å². The summed E-state index contributed by atoms with van der Waals surface area (Å²) in [4.78, 5) is 3.63. The van der Waals surface area contributed by atoms with E-state index in [4.69, 9.17) is 4.42 Å². The number of furan rings is 1. The summed E-state index contributed by atoms with van der Waals surface area (Å²) in [6, 6.07) is 61.7. The summed E-state index contributed by atoms with van der Waals surface area (Å²) in [5, 5.41) is 12.1. The van der Waals surface area contributed by atoms with Gasteiger partial charge in [0.2, 0.25) is 0 Å². The fraction of sp³-hybridized carbons (Fsp3) is 0. The third-order valence-electron chi connectivity index (χ3n) is 10.6. The van der Waals surface area contributed by atoms with Crippen LogP contribution in [0, 0.1) is 0 Å². The normalized spacial score (nSPS) is 12.0. The van der Waals surface area contributed by atoms with E-state index < -0.39 is 0 Å². The summed E-state index contributed by atoms with van der Waals surface area (Å²) in [5.41, 5.74) is 11.3. The van der Waals surface area contributed by atoms with Gasteiger partial charge in [-0.25, -0.2) is 0 Å². The molecule has 0 bridgehead atoms. The number of aromatic amines is 1. The van der Waals surface area contributed by atoms with Crippen molar-refractivity contribution >= 4 is 76.1 Å². The molecule has 0 saturated carbocycles. The second kappa shape index (κ2) is 10.4. The van der Waals surface area contributed by atoms with Gasteiger partial charge >= 0.3 is 0 Å². The van der Waals surface area contributed by atoms with Crippen LogP contribution >= 0.6 is 0 Å². The Labute approximate surface area is 287 Å². The minimum atomic E-state index is 0.894. The van der Waals surface area contributed by atoms with Crippen molar-refractivity contribution in [3.8, 4) is 33.4 Å². The molecule has 0 radical (unpaired) electrons. The predicted octanol–water partition coefficient (Wildman–Crippen LogP) is 13.7. The molecule has 1 N–H and O–H groups in total. The average Bonchev–Trinajstić information content (AvgIpc) is 3.75. The molecule has 0 aliphatic heterocycles. The van der Waals surface area contributed by atoms with Crippen LogP contribution in [0.15, 0.2) is 174 Å². The zero-order chi connectivity index (χ0) is 32.8. The van der Waals surface area contributed by atoms with Crippen molar-refractivity contribution in [2.45, 2.75) is 0 Å². The molecule has 0 unspecified atom stereocenters. The molecule has 2 aromatic heterocycles. The van der Waals surface area contributed by atoms with Crippen molar-refractivity contribution in [1.82, 2.24) is 4.98 Å². The third kappa shape index (κ3) is 3.96. The lowest BCUT2D eigenvalue weighted by Crippen LogP contribution is -1.91. The molecule has 0 aliphatic rings. The SMILES string of the molecule is c1cc(-c2ccc3ccccc3c2)cc(-c2c3ccccc3c(-c3ccc4oc5c(ccc6c7ccccc7[nH]c65)c4c3)c3ccccc23)c1. The number of H-pyrrole nitrogens is 1. The lowest BCUT2D eigenvalue weighted by atomic mass is 9.85. The van der Waals surface area contributed by atoms with Gasteiger partial charge in [-0.3, -0.25) is 0 Å². The van der Waals surface area contributed by atoms with Gasteiger partial charge in [0, 0.05) is 27.1 Å². The van der Waals surface area contributed by atoms with Crippen LogP contribution in [0.5, 0.6) is 0 Å². The number of para-hydroxylation sites is 1. The average molecular weight is 636 g/mol. The lowest BCUT2D eigenvalue weighted by molar-refractivity contribution is 0.672. The zero-order valence-electron chi connectivity index (χ0n) is 27.1. The van der Waals surface area contributed by atoms with Gasteiger partial charge in [0.25, 0.3) is 0 Å². The monoisotopic (exact) mass is 635 g/mol. The number of fused-ring (bicyclic) bond motifs is 10. The van der Waals surface area contributed by atoms with Crippen LogP contribution < -0.4 is 0 Å². The maximum Gasteiger partial charge on any atom is 0.159 e. The van der Waals surface area contributed by atoms with Gasteiger partial charge < -0.3 is 9.40 Å². The first-order valence-corrected chi connectivity index (χ1v) is 17.2. The van der Waals surface area contributed by atoms with E-state index in [-0.39, 0.29) is 0 Å². The molecule has 0 fully saturated rings. The Balaban J connectivity index is 1.13. The molecular formula is C48H29NO. The van der Waals surface area contributed by atoms with Crippen molar-refractivity contribution in [3.05, 3.63) is 170 Å². The molecule has 2 heterocycles. The maximum absolute atomic E-state index is 6.58. The fourth-order valence-electron chi connectivity index (χ4n) is 8.28. The quantitative estimate of drug-likeness (QED) is 0.192. The Hall–Kier alpha value is -6.64. The molecule has 232 valence electrons. The van der Waals surface area contributed by atoms with Gasteiger partial charge in [-0.2, -0.15) is 0 Å². The highest BCUT2D eigenvalue weighted by Gasteiger charge is 2.19. The van der Waals surface area contributed by atoms with Crippen molar-refractivity contribution in [1.29, 1.82) is 0 Å². The fourth-order valence-corrected chi connectivity index (χ4v) is 8.28. The molecule has 2 nitrogen and oxygen atoms in total. The predicted molar refractivity (Wildman–Crippen MR) is 212 cm³/mol. The van der Waals surface area contributed by atoms with Crippen LogP contribution in [0.1, 0.15) is 0 Å². The van der Waals surface area contributed by atoms with Gasteiger partial charge in [0.05, 0.1) is 5.52 Å². The highest BCUT2D eigenvalue weighted by Crippen LogP contribution is 2.46. The number of hydrogen-bond donors (Lipinski definition) is 1. The number of rotatable bonds is 3. The molecule has 11 rings (SSSR count). The van der Waals surface area contributed by atoms with E-state index in [1.807, 2.05) is 0 Å².